The third-order valence-corrected chi connectivity index (χ3v) is 9.72. The van der Waals surface area contributed by atoms with Crippen LogP contribution >= 0.6 is 12.2 Å². The van der Waals surface area contributed by atoms with E-state index in [0.717, 1.165) is 12.1 Å². The molecule has 144 valence electrons. The Balaban J connectivity index is 1.96. The second-order valence-corrected chi connectivity index (χ2v) is 13.2. The van der Waals surface area contributed by atoms with E-state index in [1.807, 2.05) is 37.4 Å². The summed E-state index contributed by atoms with van der Waals surface area (Å²) in [6.07, 6.45) is -0.978. The van der Waals surface area contributed by atoms with Gasteiger partial charge in [-0.3, -0.25) is 0 Å². The van der Waals surface area contributed by atoms with Gasteiger partial charge in [-0.15, -0.1) is 0 Å². The molecule has 0 saturated carbocycles. The lowest BCUT2D eigenvalue weighted by molar-refractivity contribution is -0.147. The van der Waals surface area contributed by atoms with E-state index < -0.39 is 20.4 Å². The van der Waals surface area contributed by atoms with Gasteiger partial charge in [0.1, 0.15) is 12.4 Å². The third kappa shape index (κ3) is 5.18. The molecule has 1 aliphatic heterocycles. The first-order valence-electron chi connectivity index (χ1n) is 8.67. The van der Waals surface area contributed by atoms with Crippen molar-refractivity contribution < 1.29 is 19.1 Å². The zero-order valence-corrected chi connectivity index (χ0v) is 17.8. The van der Waals surface area contributed by atoms with E-state index in [2.05, 4.69) is 31.4 Å². The zero-order chi connectivity index (χ0) is 19.5. The standard InChI is InChI=1S/C18H28N2O4SSi/c1-18(2,3)26(4,5)24-15(16(21)22)11-23-13-8-6-12(7-9-13)14-10-19-17(25)20-14/h6-9,14-15H,10-11H2,1-5H3,(H,21,22)(H2,19,20,25)/t14?,15-/m1/s1. The minimum Gasteiger partial charge on any atom is -0.490 e. The molecule has 0 spiro atoms. The molecular formula is C18H28N2O4SSi. The maximum atomic E-state index is 11.6. The Morgan fingerprint density at radius 1 is 1.35 bits per heavy atom. The zero-order valence-electron chi connectivity index (χ0n) is 16.0. The van der Waals surface area contributed by atoms with E-state index in [1.165, 1.54) is 0 Å². The normalized spacial score (nSPS) is 18.8. The van der Waals surface area contributed by atoms with Gasteiger partial charge in [0.2, 0.25) is 0 Å². The van der Waals surface area contributed by atoms with Crippen molar-refractivity contribution >= 4 is 31.6 Å². The third-order valence-electron chi connectivity index (χ3n) is 4.97. The van der Waals surface area contributed by atoms with Crippen LogP contribution < -0.4 is 15.4 Å². The first-order chi connectivity index (χ1) is 12.0. The summed E-state index contributed by atoms with van der Waals surface area (Å²) < 4.78 is 11.7. The van der Waals surface area contributed by atoms with Gasteiger partial charge in [-0.05, 0) is 48.0 Å². The van der Waals surface area contributed by atoms with Crippen molar-refractivity contribution in [3.05, 3.63) is 29.8 Å². The Labute approximate surface area is 161 Å². The number of hydrogen-bond donors (Lipinski definition) is 3. The largest absolute Gasteiger partial charge is 0.490 e. The Bertz CT molecular complexity index is 658. The molecule has 1 saturated heterocycles. The SMILES string of the molecule is CC(C)(C)[Si](C)(C)O[C@H](COc1ccc(C2CNC(=S)N2)cc1)C(=O)O. The van der Waals surface area contributed by atoms with Gasteiger partial charge in [-0.2, -0.15) is 0 Å². The number of benzene rings is 1. The summed E-state index contributed by atoms with van der Waals surface area (Å²) in [4.78, 5) is 11.6. The lowest BCUT2D eigenvalue weighted by Crippen LogP contribution is -2.47. The summed E-state index contributed by atoms with van der Waals surface area (Å²) >= 11 is 5.07. The van der Waals surface area contributed by atoms with Crippen LogP contribution in [0.1, 0.15) is 32.4 Å². The van der Waals surface area contributed by atoms with Gasteiger partial charge in [-0.1, -0.05) is 32.9 Å². The summed E-state index contributed by atoms with van der Waals surface area (Å²) in [5.41, 5.74) is 1.09. The number of carboxylic acid groups (broad SMARTS) is 1. The Morgan fingerprint density at radius 2 is 1.96 bits per heavy atom. The molecule has 0 radical (unpaired) electrons. The molecule has 0 aromatic heterocycles. The smallest absolute Gasteiger partial charge is 0.335 e. The highest BCUT2D eigenvalue weighted by molar-refractivity contribution is 7.80. The van der Waals surface area contributed by atoms with Crippen LogP contribution in [0.15, 0.2) is 24.3 Å². The number of carboxylic acids is 1. The maximum absolute atomic E-state index is 11.6. The number of rotatable bonds is 7. The predicted octanol–water partition coefficient (Wildman–Crippen LogP) is 3.06. The lowest BCUT2D eigenvalue weighted by atomic mass is 10.1. The molecular weight excluding hydrogens is 368 g/mol. The topological polar surface area (TPSA) is 79.8 Å². The summed E-state index contributed by atoms with van der Waals surface area (Å²) in [7, 11) is -2.19. The highest BCUT2D eigenvalue weighted by Gasteiger charge is 2.41. The van der Waals surface area contributed by atoms with Crippen molar-refractivity contribution in [1.29, 1.82) is 0 Å². The van der Waals surface area contributed by atoms with Crippen molar-refractivity contribution in [2.45, 2.75) is 51.0 Å². The number of ether oxygens (including phenoxy) is 1. The molecule has 2 atom stereocenters. The highest BCUT2D eigenvalue weighted by Crippen LogP contribution is 2.37. The van der Waals surface area contributed by atoms with E-state index in [9.17, 15) is 9.90 Å². The van der Waals surface area contributed by atoms with Crippen LogP contribution in [0.25, 0.3) is 0 Å². The van der Waals surface area contributed by atoms with Crippen LogP contribution in [0.2, 0.25) is 18.1 Å². The van der Waals surface area contributed by atoms with E-state index in [-0.39, 0.29) is 17.7 Å². The number of aliphatic carboxylic acids is 1. The van der Waals surface area contributed by atoms with Crippen LogP contribution in [0.5, 0.6) is 5.75 Å². The predicted molar refractivity (Wildman–Crippen MR) is 108 cm³/mol. The molecule has 1 heterocycles. The summed E-state index contributed by atoms with van der Waals surface area (Å²) in [6.45, 7) is 11.0. The van der Waals surface area contributed by atoms with Crippen molar-refractivity contribution in [2.24, 2.45) is 0 Å². The molecule has 1 aliphatic rings. The lowest BCUT2D eigenvalue weighted by Gasteiger charge is -2.38. The van der Waals surface area contributed by atoms with E-state index in [1.54, 1.807) is 0 Å². The number of carbonyl (C=O) groups is 1. The minimum atomic E-state index is -2.19. The Hall–Kier alpha value is -1.64. The number of thiocarbonyl (C=S) groups is 1. The van der Waals surface area contributed by atoms with Gasteiger partial charge in [0.05, 0.1) is 6.04 Å². The fraction of sp³-hybridized carbons (Fsp3) is 0.556. The van der Waals surface area contributed by atoms with Gasteiger partial charge < -0.3 is 24.9 Å². The minimum absolute atomic E-state index is 0.0193. The average molecular weight is 397 g/mol. The summed E-state index contributed by atoms with van der Waals surface area (Å²) in [5, 5.41) is 16.3. The molecule has 1 unspecified atom stereocenters. The molecule has 6 nitrogen and oxygen atoms in total. The molecule has 8 heteroatoms. The molecule has 2 rings (SSSR count). The summed E-state index contributed by atoms with van der Waals surface area (Å²) in [5.74, 6) is -0.381. The van der Waals surface area contributed by atoms with Crippen LogP contribution in [0.4, 0.5) is 0 Å². The van der Waals surface area contributed by atoms with Gasteiger partial charge in [-0.25, -0.2) is 4.79 Å². The van der Waals surface area contributed by atoms with Gasteiger partial charge >= 0.3 is 5.97 Å². The van der Waals surface area contributed by atoms with Crippen LogP contribution in [-0.2, 0) is 9.22 Å². The van der Waals surface area contributed by atoms with Gasteiger partial charge in [0.25, 0.3) is 0 Å². The maximum Gasteiger partial charge on any atom is 0.335 e. The quantitative estimate of drug-likeness (QED) is 0.483. The van der Waals surface area contributed by atoms with Crippen LogP contribution in [-0.4, -0.2) is 43.8 Å². The van der Waals surface area contributed by atoms with Crippen molar-refractivity contribution in [3.63, 3.8) is 0 Å². The molecule has 3 N–H and O–H groups in total. The highest BCUT2D eigenvalue weighted by atomic mass is 32.1. The molecule has 0 bridgehead atoms. The molecule has 1 aromatic carbocycles. The molecule has 1 aromatic rings. The number of nitrogens with one attached hydrogen (secondary N) is 2. The van der Waals surface area contributed by atoms with Gasteiger partial charge in [0, 0.05) is 6.54 Å². The first-order valence-corrected chi connectivity index (χ1v) is 12.0. The monoisotopic (exact) mass is 396 g/mol. The Morgan fingerprint density at radius 3 is 2.42 bits per heavy atom. The van der Waals surface area contributed by atoms with Crippen LogP contribution in [0, 0.1) is 0 Å². The average Bonchev–Trinajstić information content (AvgIpc) is 2.97. The van der Waals surface area contributed by atoms with Crippen molar-refractivity contribution in [1.82, 2.24) is 10.6 Å². The molecule has 0 amide bonds. The fourth-order valence-electron chi connectivity index (χ4n) is 2.31. The van der Waals surface area contributed by atoms with Crippen LogP contribution in [0.3, 0.4) is 0 Å². The molecule has 26 heavy (non-hydrogen) atoms. The Kier molecular flexibility index (Phi) is 6.31. The second kappa shape index (κ2) is 7.94. The fourth-order valence-corrected chi connectivity index (χ4v) is 3.77. The molecule has 1 fully saturated rings. The second-order valence-electron chi connectivity index (χ2n) is 7.99. The molecule has 0 aliphatic carbocycles. The van der Waals surface area contributed by atoms with E-state index in [4.69, 9.17) is 21.4 Å². The van der Waals surface area contributed by atoms with Gasteiger partial charge in [0.15, 0.2) is 19.5 Å². The van der Waals surface area contributed by atoms with E-state index in [0.29, 0.717) is 10.9 Å². The van der Waals surface area contributed by atoms with Crippen molar-refractivity contribution in [2.75, 3.05) is 13.2 Å². The van der Waals surface area contributed by atoms with E-state index >= 15 is 0 Å². The number of hydrogen-bond acceptors (Lipinski definition) is 4. The summed E-state index contributed by atoms with van der Waals surface area (Å²) in [6, 6.07) is 7.72. The first kappa shape index (κ1) is 20.7. The van der Waals surface area contributed by atoms with Crippen molar-refractivity contribution in [3.8, 4) is 5.75 Å².